The summed E-state index contributed by atoms with van der Waals surface area (Å²) in [6.07, 6.45) is 1.50. The van der Waals surface area contributed by atoms with Gasteiger partial charge in [0.2, 0.25) is 5.95 Å². The van der Waals surface area contributed by atoms with E-state index >= 15 is 0 Å². The van der Waals surface area contributed by atoms with Gasteiger partial charge in [-0.15, -0.1) is 0 Å². The number of hydrogen-bond donors (Lipinski definition) is 2. The Morgan fingerprint density at radius 1 is 1.00 bits per heavy atom. The predicted molar refractivity (Wildman–Crippen MR) is 94.9 cm³/mol. The van der Waals surface area contributed by atoms with Crippen molar-refractivity contribution < 1.29 is 0 Å². The Morgan fingerprint density at radius 2 is 1.88 bits per heavy atom. The van der Waals surface area contributed by atoms with E-state index < -0.39 is 0 Å². The number of fused-ring (bicyclic) bond motifs is 4. The molecular formula is C18H14N6. The third-order valence-corrected chi connectivity index (χ3v) is 4.28. The molecule has 6 heteroatoms. The van der Waals surface area contributed by atoms with Gasteiger partial charge in [0, 0.05) is 17.1 Å². The lowest BCUT2D eigenvalue weighted by Crippen LogP contribution is -2.31. The standard InChI is InChI=1S/C18H14N6/c19-17-22-16(12-7-3-5-11-6-4-10-20-15(11)12)24-14-9-2-1-8-13(14)21-18(24)23-17/h1-10,16H,(H3,19,21,22,23). The minimum absolute atomic E-state index is 0.299. The summed E-state index contributed by atoms with van der Waals surface area (Å²) < 4.78 is 2.06. The van der Waals surface area contributed by atoms with Crippen molar-refractivity contribution in [1.82, 2.24) is 14.5 Å². The molecule has 2 aromatic carbocycles. The number of guanidine groups is 1. The minimum atomic E-state index is -0.299. The van der Waals surface area contributed by atoms with Crippen LogP contribution < -0.4 is 11.1 Å². The van der Waals surface area contributed by atoms with Crippen molar-refractivity contribution in [2.24, 2.45) is 10.7 Å². The first-order chi connectivity index (χ1) is 11.8. The number of aromatic nitrogens is 3. The molecule has 0 fully saturated rings. The highest BCUT2D eigenvalue weighted by atomic mass is 15.4. The number of nitrogens with two attached hydrogens (primary N) is 1. The predicted octanol–water partition coefficient (Wildman–Crippen LogP) is 2.87. The average molecular weight is 314 g/mol. The molecule has 0 bridgehead atoms. The molecule has 4 aromatic rings. The Labute approximate surface area is 137 Å². The van der Waals surface area contributed by atoms with Gasteiger partial charge in [-0.1, -0.05) is 36.4 Å². The number of aliphatic imine (C=N–C) groups is 1. The number of benzene rings is 2. The third kappa shape index (κ3) is 1.80. The van der Waals surface area contributed by atoms with Crippen molar-refractivity contribution in [1.29, 1.82) is 0 Å². The van der Waals surface area contributed by atoms with E-state index in [9.17, 15) is 0 Å². The maximum Gasteiger partial charge on any atom is 0.212 e. The van der Waals surface area contributed by atoms with Gasteiger partial charge in [0.25, 0.3) is 0 Å². The number of anilines is 1. The topological polar surface area (TPSA) is 81.1 Å². The maximum absolute atomic E-state index is 6.01. The van der Waals surface area contributed by atoms with Gasteiger partial charge >= 0.3 is 0 Å². The first-order valence-corrected chi connectivity index (χ1v) is 7.72. The average Bonchev–Trinajstić information content (AvgIpc) is 2.98. The van der Waals surface area contributed by atoms with Gasteiger partial charge in [0.15, 0.2) is 12.1 Å². The molecule has 24 heavy (non-hydrogen) atoms. The molecule has 1 atom stereocenters. The molecule has 0 aliphatic carbocycles. The number of imidazole rings is 1. The Balaban J connectivity index is 1.83. The van der Waals surface area contributed by atoms with Crippen LogP contribution in [0.1, 0.15) is 11.7 Å². The van der Waals surface area contributed by atoms with Gasteiger partial charge in [-0.3, -0.25) is 14.9 Å². The van der Waals surface area contributed by atoms with Gasteiger partial charge in [-0.05, 0) is 18.2 Å². The SMILES string of the molecule is NC1=NC(c2cccc3cccnc23)n2c(nc3ccccc32)N1. The first kappa shape index (κ1) is 13.1. The van der Waals surface area contributed by atoms with E-state index in [1.807, 2.05) is 54.6 Å². The molecule has 0 saturated heterocycles. The third-order valence-electron chi connectivity index (χ3n) is 4.28. The Bertz CT molecular complexity index is 1110. The van der Waals surface area contributed by atoms with Crippen LogP contribution in [0.15, 0.2) is 65.8 Å². The van der Waals surface area contributed by atoms with Crippen molar-refractivity contribution in [3.8, 4) is 0 Å². The fraction of sp³-hybridized carbons (Fsp3) is 0.0556. The molecule has 0 amide bonds. The lowest BCUT2D eigenvalue weighted by atomic mass is 10.1. The molecule has 1 aliphatic rings. The van der Waals surface area contributed by atoms with Crippen LogP contribution in [0, 0.1) is 0 Å². The first-order valence-electron chi connectivity index (χ1n) is 7.72. The fourth-order valence-corrected chi connectivity index (χ4v) is 3.26. The highest BCUT2D eigenvalue weighted by Crippen LogP contribution is 2.34. The maximum atomic E-state index is 6.01. The fourth-order valence-electron chi connectivity index (χ4n) is 3.26. The summed E-state index contributed by atoms with van der Waals surface area (Å²) in [7, 11) is 0. The van der Waals surface area contributed by atoms with E-state index in [1.54, 1.807) is 6.20 Å². The van der Waals surface area contributed by atoms with Crippen LogP contribution in [0.3, 0.4) is 0 Å². The van der Waals surface area contributed by atoms with Crippen LogP contribution in [0.2, 0.25) is 0 Å². The molecule has 6 nitrogen and oxygen atoms in total. The van der Waals surface area contributed by atoms with Crippen molar-refractivity contribution >= 4 is 33.8 Å². The summed E-state index contributed by atoms with van der Waals surface area (Å²) in [6, 6.07) is 18.1. The molecule has 1 aliphatic heterocycles. The zero-order valence-corrected chi connectivity index (χ0v) is 12.7. The summed E-state index contributed by atoms with van der Waals surface area (Å²) in [6.45, 7) is 0. The zero-order chi connectivity index (χ0) is 16.1. The minimum Gasteiger partial charge on any atom is -0.370 e. The summed E-state index contributed by atoms with van der Waals surface area (Å²) in [5.41, 5.74) is 9.85. The molecule has 0 spiro atoms. The van der Waals surface area contributed by atoms with Gasteiger partial charge in [-0.25, -0.2) is 9.98 Å². The van der Waals surface area contributed by atoms with Crippen molar-refractivity contribution in [2.75, 3.05) is 5.32 Å². The van der Waals surface area contributed by atoms with Crippen molar-refractivity contribution in [3.63, 3.8) is 0 Å². The van der Waals surface area contributed by atoms with Crippen LogP contribution in [-0.4, -0.2) is 20.5 Å². The molecule has 5 rings (SSSR count). The van der Waals surface area contributed by atoms with Gasteiger partial charge in [0.1, 0.15) is 0 Å². The molecule has 2 aromatic heterocycles. The molecule has 3 N–H and O–H groups in total. The highest BCUT2D eigenvalue weighted by molar-refractivity contribution is 5.95. The molecular weight excluding hydrogens is 300 g/mol. The number of rotatable bonds is 1. The van der Waals surface area contributed by atoms with Gasteiger partial charge < -0.3 is 5.73 Å². The Morgan fingerprint density at radius 3 is 2.83 bits per heavy atom. The second-order valence-corrected chi connectivity index (χ2v) is 5.73. The molecule has 0 radical (unpaired) electrons. The number of para-hydroxylation sites is 3. The summed E-state index contributed by atoms with van der Waals surface area (Å²) in [4.78, 5) is 13.8. The Kier molecular flexibility index (Phi) is 2.61. The van der Waals surface area contributed by atoms with Crippen LogP contribution in [-0.2, 0) is 0 Å². The van der Waals surface area contributed by atoms with E-state index in [4.69, 9.17) is 5.73 Å². The highest BCUT2D eigenvalue weighted by Gasteiger charge is 2.26. The van der Waals surface area contributed by atoms with E-state index in [0.717, 1.165) is 27.5 Å². The molecule has 116 valence electrons. The monoisotopic (exact) mass is 314 g/mol. The van der Waals surface area contributed by atoms with Gasteiger partial charge in [0.05, 0.1) is 16.6 Å². The van der Waals surface area contributed by atoms with Crippen LogP contribution in [0.5, 0.6) is 0 Å². The van der Waals surface area contributed by atoms with E-state index in [2.05, 4.69) is 24.8 Å². The molecule has 0 saturated carbocycles. The lowest BCUT2D eigenvalue weighted by molar-refractivity contribution is 0.629. The van der Waals surface area contributed by atoms with Crippen LogP contribution in [0.4, 0.5) is 5.95 Å². The largest absolute Gasteiger partial charge is 0.370 e. The summed E-state index contributed by atoms with van der Waals surface area (Å²) in [5, 5.41) is 4.13. The van der Waals surface area contributed by atoms with E-state index in [0.29, 0.717) is 11.9 Å². The summed E-state index contributed by atoms with van der Waals surface area (Å²) in [5.74, 6) is 1.05. The number of nitrogens with zero attached hydrogens (tertiary/aromatic N) is 4. The number of hydrogen-bond acceptors (Lipinski definition) is 5. The number of nitrogens with one attached hydrogen (secondary N) is 1. The molecule has 1 unspecified atom stereocenters. The zero-order valence-electron chi connectivity index (χ0n) is 12.7. The van der Waals surface area contributed by atoms with Crippen LogP contribution in [0.25, 0.3) is 21.9 Å². The van der Waals surface area contributed by atoms with E-state index in [1.165, 1.54) is 0 Å². The lowest BCUT2D eigenvalue weighted by Gasteiger charge is -2.24. The van der Waals surface area contributed by atoms with Crippen LogP contribution >= 0.6 is 0 Å². The second-order valence-electron chi connectivity index (χ2n) is 5.73. The smallest absolute Gasteiger partial charge is 0.212 e. The van der Waals surface area contributed by atoms with Crippen molar-refractivity contribution in [3.05, 3.63) is 66.4 Å². The molecule has 3 heterocycles. The Hall–Kier alpha value is -3.41. The van der Waals surface area contributed by atoms with Crippen molar-refractivity contribution in [2.45, 2.75) is 6.17 Å². The normalized spacial score (nSPS) is 16.7. The number of pyridine rings is 1. The van der Waals surface area contributed by atoms with E-state index in [-0.39, 0.29) is 6.17 Å². The quantitative estimate of drug-likeness (QED) is 0.566. The van der Waals surface area contributed by atoms with Gasteiger partial charge in [-0.2, -0.15) is 0 Å². The summed E-state index contributed by atoms with van der Waals surface area (Å²) >= 11 is 0. The second kappa shape index (κ2) is 4.79.